The molecule has 2 aromatic rings. The molecular weight excluding hydrogens is 415 g/mol. The van der Waals surface area contributed by atoms with E-state index >= 15 is 0 Å². The van der Waals surface area contributed by atoms with Crippen LogP contribution in [0.5, 0.6) is 0 Å². The molecule has 0 saturated carbocycles. The first-order chi connectivity index (χ1) is 12.8. The van der Waals surface area contributed by atoms with Gasteiger partial charge in [-0.25, -0.2) is 8.42 Å². The Bertz CT molecular complexity index is 955. The van der Waals surface area contributed by atoms with Gasteiger partial charge in [-0.2, -0.15) is 13.2 Å². The van der Waals surface area contributed by atoms with Crippen LogP contribution in [-0.4, -0.2) is 26.6 Å². The van der Waals surface area contributed by atoms with Crippen molar-refractivity contribution >= 4 is 27.3 Å². The second kappa shape index (κ2) is 8.13. The van der Waals surface area contributed by atoms with E-state index in [-0.39, 0.29) is 11.4 Å². The van der Waals surface area contributed by atoms with Crippen LogP contribution in [0.25, 0.3) is 0 Å². The minimum atomic E-state index is -4.47. The van der Waals surface area contributed by atoms with Gasteiger partial charge in [0.05, 0.1) is 10.5 Å². The van der Waals surface area contributed by atoms with Crippen molar-refractivity contribution in [1.82, 2.24) is 5.32 Å². The summed E-state index contributed by atoms with van der Waals surface area (Å²) in [5.74, 6) is -1.51. The van der Waals surface area contributed by atoms with Gasteiger partial charge in [-0.3, -0.25) is 4.79 Å². The summed E-state index contributed by atoms with van der Waals surface area (Å²) in [5, 5.41) is 2.86. The van der Waals surface area contributed by atoms with Crippen LogP contribution in [0.2, 0.25) is 5.02 Å². The summed E-state index contributed by atoms with van der Waals surface area (Å²) in [7, 11) is -3.85. The Hall–Kier alpha value is -2.06. The molecule has 0 atom stereocenters. The third-order valence-electron chi connectivity index (χ3n) is 4.19. The van der Waals surface area contributed by atoms with Crippen molar-refractivity contribution in [2.45, 2.75) is 30.3 Å². The molecule has 28 heavy (non-hydrogen) atoms. The predicted octanol–water partition coefficient (Wildman–Crippen LogP) is 4.23. The van der Waals surface area contributed by atoms with Crippen LogP contribution < -0.4 is 5.32 Å². The predicted molar refractivity (Wildman–Crippen MR) is 101 cm³/mol. The van der Waals surface area contributed by atoms with Gasteiger partial charge in [0.15, 0.2) is 9.84 Å². The monoisotopic (exact) mass is 433 g/mol. The number of nitrogens with one attached hydrogen (secondary N) is 1. The lowest BCUT2D eigenvalue weighted by Crippen LogP contribution is -2.39. The zero-order valence-corrected chi connectivity index (χ0v) is 16.8. The van der Waals surface area contributed by atoms with E-state index in [2.05, 4.69) is 5.32 Å². The number of sulfone groups is 1. The maximum Gasteiger partial charge on any atom is 0.416 e. The number of amides is 1. The van der Waals surface area contributed by atoms with E-state index in [1.165, 1.54) is 36.4 Å². The summed E-state index contributed by atoms with van der Waals surface area (Å²) >= 11 is 5.72. The highest BCUT2D eigenvalue weighted by molar-refractivity contribution is 7.92. The first-order valence-corrected chi connectivity index (χ1v) is 10.3. The van der Waals surface area contributed by atoms with Gasteiger partial charge in [0.25, 0.3) is 0 Å². The molecule has 1 amide bonds. The average Bonchev–Trinajstić information content (AvgIpc) is 2.59. The van der Waals surface area contributed by atoms with Gasteiger partial charge in [0, 0.05) is 17.0 Å². The van der Waals surface area contributed by atoms with E-state index in [4.69, 9.17) is 11.6 Å². The minimum absolute atomic E-state index is 0.0245. The van der Waals surface area contributed by atoms with E-state index in [1.54, 1.807) is 13.8 Å². The Morgan fingerprint density at radius 1 is 1.04 bits per heavy atom. The largest absolute Gasteiger partial charge is 0.416 e. The lowest BCUT2D eigenvalue weighted by atomic mass is 9.83. The molecule has 9 heteroatoms. The maximum absolute atomic E-state index is 12.9. The number of halogens is 4. The van der Waals surface area contributed by atoms with Crippen LogP contribution in [0, 0.1) is 0 Å². The summed E-state index contributed by atoms with van der Waals surface area (Å²) in [5.41, 5.74) is -1.24. The SMILES string of the molecule is CC(C)(CNC(=O)CS(=O)(=O)c1ccc(Cl)cc1)c1cccc(C(F)(F)F)c1. The molecule has 4 nitrogen and oxygen atoms in total. The molecule has 0 heterocycles. The smallest absolute Gasteiger partial charge is 0.354 e. The summed E-state index contributed by atoms with van der Waals surface area (Å²) in [6.45, 7) is 3.30. The van der Waals surface area contributed by atoms with E-state index in [0.29, 0.717) is 10.6 Å². The Kier molecular flexibility index (Phi) is 6.45. The molecule has 0 aromatic heterocycles. The molecular formula is C19H19ClF3NO3S. The maximum atomic E-state index is 12.9. The van der Waals surface area contributed by atoms with Crippen LogP contribution in [0.1, 0.15) is 25.0 Å². The highest BCUT2D eigenvalue weighted by atomic mass is 35.5. The second-order valence-corrected chi connectivity index (χ2v) is 9.38. The molecule has 2 aromatic carbocycles. The van der Waals surface area contributed by atoms with E-state index < -0.39 is 38.7 Å². The highest BCUT2D eigenvalue weighted by Crippen LogP contribution is 2.32. The molecule has 152 valence electrons. The standard InChI is InChI=1S/C19H19ClF3NO3S/c1-18(2,13-4-3-5-14(10-13)19(21,22)23)12-24-17(25)11-28(26,27)16-8-6-15(20)7-9-16/h3-10H,11-12H2,1-2H3,(H,24,25). The van der Waals surface area contributed by atoms with Gasteiger partial charge in [0.1, 0.15) is 5.75 Å². The van der Waals surface area contributed by atoms with Crippen molar-refractivity contribution in [3.8, 4) is 0 Å². The van der Waals surface area contributed by atoms with Crippen molar-refractivity contribution in [1.29, 1.82) is 0 Å². The molecule has 0 unspecified atom stereocenters. The fourth-order valence-corrected chi connectivity index (χ4v) is 3.78. The van der Waals surface area contributed by atoms with Gasteiger partial charge in [-0.05, 0) is 35.9 Å². The lowest BCUT2D eigenvalue weighted by Gasteiger charge is -2.26. The Morgan fingerprint density at radius 3 is 2.18 bits per heavy atom. The van der Waals surface area contributed by atoms with E-state index in [1.807, 2.05) is 0 Å². The normalized spacial score (nSPS) is 12.6. The zero-order chi connectivity index (χ0) is 21.2. The third-order valence-corrected chi connectivity index (χ3v) is 6.08. The average molecular weight is 434 g/mol. The number of alkyl halides is 3. The molecule has 0 fully saturated rings. The molecule has 0 aliphatic rings. The molecule has 0 saturated heterocycles. The van der Waals surface area contributed by atoms with Crippen molar-refractivity contribution in [2.75, 3.05) is 12.3 Å². The topological polar surface area (TPSA) is 63.2 Å². The summed E-state index contributed by atoms with van der Waals surface area (Å²) in [6.07, 6.45) is -4.47. The van der Waals surface area contributed by atoms with Crippen LogP contribution in [0.3, 0.4) is 0 Å². The van der Waals surface area contributed by atoms with Gasteiger partial charge in [-0.1, -0.05) is 43.6 Å². The van der Waals surface area contributed by atoms with Crippen molar-refractivity contribution in [3.05, 3.63) is 64.7 Å². The lowest BCUT2D eigenvalue weighted by molar-refractivity contribution is -0.137. The fourth-order valence-electron chi connectivity index (χ4n) is 2.49. The number of benzene rings is 2. The minimum Gasteiger partial charge on any atom is -0.354 e. The van der Waals surface area contributed by atoms with Crippen LogP contribution in [0.15, 0.2) is 53.4 Å². The van der Waals surface area contributed by atoms with Gasteiger partial charge in [0.2, 0.25) is 5.91 Å². The molecule has 0 spiro atoms. The van der Waals surface area contributed by atoms with Crippen molar-refractivity contribution in [3.63, 3.8) is 0 Å². The first kappa shape index (κ1) is 22.2. The van der Waals surface area contributed by atoms with Crippen LogP contribution in [-0.2, 0) is 26.2 Å². The summed E-state index contributed by atoms with van der Waals surface area (Å²) in [6, 6.07) is 10.2. The number of hydrogen-bond acceptors (Lipinski definition) is 3. The van der Waals surface area contributed by atoms with E-state index in [9.17, 15) is 26.4 Å². The summed E-state index contributed by atoms with van der Waals surface area (Å²) < 4.78 is 63.2. The zero-order valence-electron chi connectivity index (χ0n) is 15.2. The third kappa shape index (κ3) is 5.72. The number of rotatable bonds is 6. The van der Waals surface area contributed by atoms with Crippen LogP contribution in [0.4, 0.5) is 13.2 Å². The van der Waals surface area contributed by atoms with Crippen molar-refractivity contribution < 1.29 is 26.4 Å². The van der Waals surface area contributed by atoms with Crippen molar-refractivity contribution in [2.24, 2.45) is 0 Å². The first-order valence-electron chi connectivity index (χ1n) is 8.24. The van der Waals surface area contributed by atoms with Gasteiger partial charge >= 0.3 is 6.18 Å². The molecule has 0 bridgehead atoms. The van der Waals surface area contributed by atoms with Gasteiger partial charge < -0.3 is 5.32 Å². The highest BCUT2D eigenvalue weighted by Gasteiger charge is 2.32. The van der Waals surface area contributed by atoms with Crippen LogP contribution >= 0.6 is 11.6 Å². The molecule has 0 radical (unpaired) electrons. The Labute approximate surface area is 166 Å². The molecule has 0 aliphatic carbocycles. The number of carbonyl (C=O) groups excluding carboxylic acids is 1. The second-order valence-electron chi connectivity index (χ2n) is 6.95. The Balaban J connectivity index is 2.06. The fraction of sp³-hybridized carbons (Fsp3) is 0.316. The Morgan fingerprint density at radius 2 is 1.61 bits per heavy atom. The van der Waals surface area contributed by atoms with Gasteiger partial charge in [-0.15, -0.1) is 0 Å². The molecule has 0 aliphatic heterocycles. The summed E-state index contributed by atoms with van der Waals surface area (Å²) in [4.78, 5) is 12.1. The quantitative estimate of drug-likeness (QED) is 0.741. The molecule has 2 rings (SSSR count). The van der Waals surface area contributed by atoms with E-state index in [0.717, 1.165) is 12.1 Å². The number of hydrogen-bond donors (Lipinski definition) is 1. The molecule has 1 N–H and O–H groups in total. The number of carbonyl (C=O) groups is 1.